The number of fused-ring (bicyclic) bond motifs is 1. The van der Waals surface area contributed by atoms with Crippen molar-refractivity contribution in [2.45, 2.75) is 45.8 Å². The molecule has 0 aliphatic rings. The Kier molecular flexibility index (Phi) is 3.41. The van der Waals surface area contributed by atoms with Gasteiger partial charge < -0.3 is 0 Å². The first kappa shape index (κ1) is 13.4. The molecule has 0 radical (unpaired) electrons. The SMILES string of the molecule is Cc1cc(C)c2c(CS)cc(C(C)(C)C)nc2c1. The molecule has 0 spiro atoms. The van der Waals surface area contributed by atoms with Crippen LogP contribution in [0.15, 0.2) is 18.2 Å². The minimum Gasteiger partial charge on any atom is -0.252 e. The maximum atomic E-state index is 4.84. The Bertz CT molecular complexity index is 594. The predicted molar refractivity (Wildman–Crippen MR) is 82.6 cm³/mol. The Balaban J connectivity index is 2.84. The monoisotopic (exact) mass is 259 g/mol. The van der Waals surface area contributed by atoms with Crippen LogP contribution in [-0.2, 0) is 11.2 Å². The van der Waals surface area contributed by atoms with Crippen molar-refractivity contribution in [1.82, 2.24) is 4.98 Å². The van der Waals surface area contributed by atoms with E-state index in [2.05, 4.69) is 65.4 Å². The smallest absolute Gasteiger partial charge is 0.0713 e. The van der Waals surface area contributed by atoms with Gasteiger partial charge in [-0.05, 0) is 42.7 Å². The third-order valence-electron chi connectivity index (χ3n) is 3.27. The molecule has 0 atom stereocenters. The Morgan fingerprint density at radius 1 is 1.11 bits per heavy atom. The summed E-state index contributed by atoms with van der Waals surface area (Å²) in [7, 11) is 0. The molecule has 0 saturated carbocycles. The number of pyridine rings is 1. The lowest BCUT2D eigenvalue weighted by Crippen LogP contribution is -2.14. The van der Waals surface area contributed by atoms with Gasteiger partial charge in [-0.15, -0.1) is 0 Å². The second-order valence-corrected chi connectivity index (χ2v) is 6.37. The highest BCUT2D eigenvalue weighted by molar-refractivity contribution is 7.79. The van der Waals surface area contributed by atoms with E-state index in [1.807, 2.05) is 0 Å². The number of rotatable bonds is 1. The van der Waals surface area contributed by atoms with E-state index in [1.54, 1.807) is 0 Å². The molecule has 2 rings (SSSR count). The van der Waals surface area contributed by atoms with E-state index in [0.717, 1.165) is 17.0 Å². The fourth-order valence-electron chi connectivity index (χ4n) is 2.36. The van der Waals surface area contributed by atoms with Crippen molar-refractivity contribution >= 4 is 23.5 Å². The second kappa shape index (κ2) is 4.58. The van der Waals surface area contributed by atoms with Crippen molar-refractivity contribution in [3.05, 3.63) is 40.6 Å². The second-order valence-electron chi connectivity index (χ2n) is 6.05. The zero-order chi connectivity index (χ0) is 13.5. The van der Waals surface area contributed by atoms with Gasteiger partial charge in [-0.2, -0.15) is 12.6 Å². The first-order valence-corrected chi connectivity index (χ1v) is 6.98. The van der Waals surface area contributed by atoms with E-state index < -0.39 is 0 Å². The molecular formula is C16H21NS. The Hall–Kier alpha value is -1.02. The Morgan fingerprint density at radius 2 is 1.78 bits per heavy atom. The molecule has 1 heterocycles. The van der Waals surface area contributed by atoms with Crippen LogP contribution in [-0.4, -0.2) is 4.98 Å². The lowest BCUT2D eigenvalue weighted by atomic mass is 9.89. The van der Waals surface area contributed by atoms with Gasteiger partial charge in [0.2, 0.25) is 0 Å². The van der Waals surface area contributed by atoms with Crippen molar-refractivity contribution in [3.63, 3.8) is 0 Å². The number of benzene rings is 1. The van der Waals surface area contributed by atoms with E-state index in [-0.39, 0.29) is 5.41 Å². The van der Waals surface area contributed by atoms with E-state index in [4.69, 9.17) is 4.98 Å². The topological polar surface area (TPSA) is 12.9 Å². The molecule has 0 saturated heterocycles. The van der Waals surface area contributed by atoms with Gasteiger partial charge in [-0.1, -0.05) is 26.8 Å². The molecule has 0 aliphatic carbocycles. The van der Waals surface area contributed by atoms with Crippen LogP contribution in [0, 0.1) is 13.8 Å². The van der Waals surface area contributed by atoms with Gasteiger partial charge in [0.25, 0.3) is 0 Å². The number of nitrogens with zero attached hydrogens (tertiary/aromatic N) is 1. The van der Waals surface area contributed by atoms with Crippen molar-refractivity contribution in [3.8, 4) is 0 Å². The summed E-state index contributed by atoms with van der Waals surface area (Å²) in [5, 5.41) is 1.27. The number of aromatic nitrogens is 1. The fourth-order valence-corrected chi connectivity index (χ4v) is 2.61. The van der Waals surface area contributed by atoms with Crippen molar-refractivity contribution in [2.75, 3.05) is 0 Å². The summed E-state index contributed by atoms with van der Waals surface area (Å²) in [4.78, 5) is 4.84. The van der Waals surface area contributed by atoms with E-state index >= 15 is 0 Å². The molecule has 1 aromatic heterocycles. The highest BCUT2D eigenvalue weighted by atomic mass is 32.1. The zero-order valence-electron chi connectivity index (χ0n) is 11.8. The average Bonchev–Trinajstić information content (AvgIpc) is 2.25. The van der Waals surface area contributed by atoms with E-state index in [1.165, 1.54) is 22.1 Å². The Morgan fingerprint density at radius 3 is 2.33 bits per heavy atom. The number of hydrogen-bond acceptors (Lipinski definition) is 2. The molecular weight excluding hydrogens is 238 g/mol. The highest BCUT2D eigenvalue weighted by Crippen LogP contribution is 2.29. The fraction of sp³-hybridized carbons (Fsp3) is 0.438. The van der Waals surface area contributed by atoms with E-state index in [9.17, 15) is 0 Å². The average molecular weight is 259 g/mol. The lowest BCUT2D eigenvalue weighted by molar-refractivity contribution is 0.571. The minimum atomic E-state index is 0.0730. The maximum Gasteiger partial charge on any atom is 0.0713 e. The van der Waals surface area contributed by atoms with Gasteiger partial charge in [0.15, 0.2) is 0 Å². The molecule has 0 unspecified atom stereocenters. The number of thiol groups is 1. The summed E-state index contributed by atoms with van der Waals surface area (Å²) in [5.41, 5.74) is 6.16. The van der Waals surface area contributed by atoms with Crippen LogP contribution in [0.3, 0.4) is 0 Å². The zero-order valence-corrected chi connectivity index (χ0v) is 12.7. The molecule has 0 bridgehead atoms. The van der Waals surface area contributed by atoms with Crippen LogP contribution in [0.2, 0.25) is 0 Å². The molecule has 0 amide bonds. The van der Waals surface area contributed by atoms with Crippen LogP contribution in [0.1, 0.15) is 43.2 Å². The summed E-state index contributed by atoms with van der Waals surface area (Å²) in [6.45, 7) is 10.9. The van der Waals surface area contributed by atoms with Gasteiger partial charge in [0.05, 0.1) is 5.52 Å². The van der Waals surface area contributed by atoms with Gasteiger partial charge in [-0.3, -0.25) is 4.98 Å². The molecule has 2 aromatic rings. The first-order valence-electron chi connectivity index (χ1n) is 6.35. The molecule has 2 heteroatoms. The van der Waals surface area contributed by atoms with Crippen molar-refractivity contribution in [2.24, 2.45) is 0 Å². The normalized spacial score (nSPS) is 12.1. The molecule has 18 heavy (non-hydrogen) atoms. The maximum absolute atomic E-state index is 4.84. The molecule has 0 aliphatic heterocycles. The highest BCUT2D eigenvalue weighted by Gasteiger charge is 2.18. The standard InChI is InChI=1S/C16H21NS/c1-10-6-11(2)15-12(9-18)8-14(16(3,4)5)17-13(15)7-10/h6-8,18H,9H2,1-5H3. The number of hydrogen-bond donors (Lipinski definition) is 1. The molecule has 1 aromatic carbocycles. The summed E-state index contributed by atoms with van der Waals surface area (Å²) < 4.78 is 0. The lowest BCUT2D eigenvalue weighted by Gasteiger charge is -2.20. The van der Waals surface area contributed by atoms with Crippen molar-refractivity contribution in [1.29, 1.82) is 0 Å². The van der Waals surface area contributed by atoms with Crippen molar-refractivity contribution < 1.29 is 0 Å². The summed E-state index contributed by atoms with van der Waals surface area (Å²) >= 11 is 4.47. The molecule has 96 valence electrons. The van der Waals surface area contributed by atoms with Gasteiger partial charge in [0.1, 0.15) is 0 Å². The summed E-state index contributed by atoms with van der Waals surface area (Å²) in [6.07, 6.45) is 0. The van der Waals surface area contributed by atoms with Crippen LogP contribution >= 0.6 is 12.6 Å². The van der Waals surface area contributed by atoms with Crippen LogP contribution in [0.4, 0.5) is 0 Å². The van der Waals surface area contributed by atoms with Crippen LogP contribution < -0.4 is 0 Å². The summed E-state index contributed by atoms with van der Waals surface area (Å²) in [6, 6.07) is 6.59. The molecule has 1 nitrogen and oxygen atoms in total. The minimum absolute atomic E-state index is 0.0730. The van der Waals surface area contributed by atoms with Gasteiger partial charge in [-0.25, -0.2) is 0 Å². The van der Waals surface area contributed by atoms with E-state index in [0.29, 0.717) is 0 Å². The van der Waals surface area contributed by atoms with Crippen LogP contribution in [0.5, 0.6) is 0 Å². The first-order chi connectivity index (χ1) is 8.32. The summed E-state index contributed by atoms with van der Waals surface area (Å²) in [5.74, 6) is 0.756. The predicted octanol–water partition coefficient (Wildman–Crippen LogP) is 4.58. The number of aryl methyl sites for hydroxylation is 2. The molecule has 0 fully saturated rings. The quantitative estimate of drug-likeness (QED) is 0.740. The Labute approximate surface area is 115 Å². The van der Waals surface area contributed by atoms with Gasteiger partial charge in [0, 0.05) is 22.2 Å². The third-order valence-corrected chi connectivity index (χ3v) is 3.61. The molecule has 0 N–H and O–H groups in total. The van der Waals surface area contributed by atoms with Gasteiger partial charge >= 0.3 is 0 Å². The largest absolute Gasteiger partial charge is 0.252 e. The third kappa shape index (κ3) is 2.39. The van der Waals surface area contributed by atoms with Crippen LogP contribution in [0.25, 0.3) is 10.9 Å².